The first-order chi connectivity index (χ1) is 3.42. The largest absolute Gasteiger partial charge is 0.616 e. The molecule has 0 aliphatic heterocycles. The lowest BCUT2D eigenvalue weighted by Crippen LogP contribution is -2.02. The van der Waals surface area contributed by atoms with Gasteiger partial charge in [0.25, 0.3) is 0 Å². The minimum atomic E-state index is -2.02. The van der Waals surface area contributed by atoms with Crippen molar-refractivity contribution in [2.75, 3.05) is 25.1 Å². The Hall–Kier alpha value is 0.540. The van der Waals surface area contributed by atoms with Crippen molar-refractivity contribution in [3.63, 3.8) is 0 Å². The number of rotatable bonds is 2. The summed E-state index contributed by atoms with van der Waals surface area (Å²) in [5.74, 6) is 0. The molecule has 0 N–H and O–H groups in total. The highest BCUT2D eigenvalue weighted by Gasteiger charge is 2.12. The van der Waals surface area contributed by atoms with Gasteiger partial charge in [-0.25, -0.2) is 0 Å². The average Bonchev–Trinajstić information content (AvgIpc) is 1.21. The smallest absolute Gasteiger partial charge is 0.156 e. The highest BCUT2D eigenvalue weighted by atomic mass is 32.2. The fraction of sp³-hybridized carbons (Fsp3) is 1.00. The minimum Gasteiger partial charge on any atom is -0.616 e. The van der Waals surface area contributed by atoms with Crippen LogP contribution in [-0.4, -0.2) is 29.6 Å². The van der Waals surface area contributed by atoms with Crippen molar-refractivity contribution in [2.24, 2.45) is 0 Å². The Morgan fingerprint density at radius 1 is 1.62 bits per heavy atom. The van der Waals surface area contributed by atoms with Gasteiger partial charge in [0.1, 0.15) is 7.14 Å². The van der Waals surface area contributed by atoms with E-state index in [9.17, 15) is 9.12 Å². The minimum absolute atomic E-state index is 0.354. The highest BCUT2D eigenvalue weighted by Crippen LogP contribution is 2.36. The molecule has 0 saturated heterocycles. The normalized spacial score (nSPS) is 16.0. The summed E-state index contributed by atoms with van der Waals surface area (Å²) >= 11 is -0.898. The van der Waals surface area contributed by atoms with Crippen LogP contribution in [0.15, 0.2) is 0 Å². The molecule has 0 saturated carbocycles. The summed E-state index contributed by atoms with van der Waals surface area (Å²) in [6.45, 7) is 3.29. The third kappa shape index (κ3) is 6.54. The van der Waals surface area contributed by atoms with Gasteiger partial charge in [0.2, 0.25) is 0 Å². The van der Waals surface area contributed by atoms with Crippen LogP contribution >= 0.6 is 7.14 Å². The van der Waals surface area contributed by atoms with Gasteiger partial charge in [0, 0.05) is 0 Å². The van der Waals surface area contributed by atoms with E-state index in [-0.39, 0.29) is 0 Å². The van der Waals surface area contributed by atoms with Crippen LogP contribution in [-0.2, 0) is 15.7 Å². The van der Waals surface area contributed by atoms with Crippen molar-refractivity contribution in [1.29, 1.82) is 0 Å². The zero-order valence-corrected chi connectivity index (χ0v) is 7.09. The van der Waals surface area contributed by atoms with Gasteiger partial charge in [-0.15, -0.1) is 0 Å². The molecule has 50 valence electrons. The summed E-state index contributed by atoms with van der Waals surface area (Å²) < 4.78 is 21.2. The first-order valence-corrected chi connectivity index (χ1v) is 6.77. The Kier molecular flexibility index (Phi) is 3.10. The summed E-state index contributed by atoms with van der Waals surface area (Å²) in [6, 6.07) is 0. The molecular formula is C4H11O2PS. The molecule has 2 nitrogen and oxygen atoms in total. The molecule has 0 aliphatic carbocycles. The lowest BCUT2D eigenvalue weighted by atomic mass is 11.8. The van der Waals surface area contributed by atoms with Crippen LogP contribution in [0.5, 0.6) is 0 Å². The fourth-order valence-corrected chi connectivity index (χ4v) is 3.94. The zero-order valence-electron chi connectivity index (χ0n) is 5.38. The van der Waals surface area contributed by atoms with Gasteiger partial charge < -0.3 is 9.12 Å². The van der Waals surface area contributed by atoms with Crippen molar-refractivity contribution >= 4 is 18.3 Å². The van der Waals surface area contributed by atoms with Crippen molar-refractivity contribution in [3.8, 4) is 0 Å². The van der Waals surface area contributed by atoms with Crippen LogP contribution in [0.25, 0.3) is 0 Å². The summed E-state index contributed by atoms with van der Waals surface area (Å²) in [5, 5.41) is 0. The standard InChI is InChI=1S/C4H11O2PS/c1-7(2,5)4-8(3)6/h4H2,1-3H3. The maximum atomic E-state index is 10.8. The van der Waals surface area contributed by atoms with Crippen LogP contribution in [0.4, 0.5) is 0 Å². The monoisotopic (exact) mass is 154 g/mol. The molecular weight excluding hydrogens is 143 g/mol. The van der Waals surface area contributed by atoms with Gasteiger partial charge in [-0.1, -0.05) is 0 Å². The van der Waals surface area contributed by atoms with Crippen LogP contribution in [0.1, 0.15) is 0 Å². The van der Waals surface area contributed by atoms with E-state index in [0.29, 0.717) is 5.49 Å². The number of hydrogen-bond donors (Lipinski definition) is 0. The molecule has 0 bridgehead atoms. The van der Waals surface area contributed by atoms with E-state index in [1.807, 2.05) is 0 Å². The summed E-state index contributed by atoms with van der Waals surface area (Å²) in [4.78, 5) is 0. The van der Waals surface area contributed by atoms with Gasteiger partial charge in [-0.3, -0.25) is 0 Å². The van der Waals surface area contributed by atoms with Crippen molar-refractivity contribution in [1.82, 2.24) is 0 Å². The highest BCUT2D eigenvalue weighted by molar-refractivity contribution is 7.98. The molecule has 0 heterocycles. The molecule has 1 unspecified atom stereocenters. The van der Waals surface area contributed by atoms with Crippen molar-refractivity contribution < 1.29 is 9.12 Å². The Labute approximate surface area is 53.2 Å². The molecule has 0 amide bonds. The molecule has 0 aliphatic rings. The summed E-state index contributed by atoms with van der Waals surface area (Å²) in [5.41, 5.74) is 0.354. The second-order valence-corrected chi connectivity index (χ2v) is 7.60. The van der Waals surface area contributed by atoms with E-state index in [4.69, 9.17) is 0 Å². The predicted molar refractivity (Wildman–Crippen MR) is 38.4 cm³/mol. The molecule has 8 heavy (non-hydrogen) atoms. The van der Waals surface area contributed by atoms with E-state index in [1.165, 1.54) is 0 Å². The van der Waals surface area contributed by atoms with Crippen LogP contribution in [0.3, 0.4) is 0 Å². The molecule has 0 spiro atoms. The lowest BCUT2D eigenvalue weighted by Gasteiger charge is -2.06. The first kappa shape index (κ1) is 8.54. The van der Waals surface area contributed by atoms with Crippen LogP contribution in [0, 0.1) is 0 Å². The SMILES string of the molecule is C[S+]([O-])CP(C)(C)=O. The van der Waals surface area contributed by atoms with E-state index in [2.05, 4.69) is 0 Å². The number of hydrogen-bond acceptors (Lipinski definition) is 2. The van der Waals surface area contributed by atoms with E-state index in [0.717, 1.165) is 0 Å². The van der Waals surface area contributed by atoms with Gasteiger partial charge in [0.05, 0.1) is 6.26 Å². The van der Waals surface area contributed by atoms with Gasteiger partial charge in [0.15, 0.2) is 5.49 Å². The lowest BCUT2D eigenvalue weighted by molar-refractivity contribution is 0.581. The second kappa shape index (κ2) is 2.90. The predicted octanol–water partition coefficient (Wildman–Crippen LogP) is 0.945. The van der Waals surface area contributed by atoms with Crippen LogP contribution in [0.2, 0.25) is 0 Å². The molecule has 4 heteroatoms. The first-order valence-electron chi connectivity index (χ1n) is 2.26. The van der Waals surface area contributed by atoms with E-state index < -0.39 is 18.3 Å². The molecule has 0 aromatic heterocycles. The molecule has 1 atom stereocenters. The quantitative estimate of drug-likeness (QED) is 0.438. The average molecular weight is 154 g/mol. The Morgan fingerprint density at radius 3 is 2.00 bits per heavy atom. The maximum Gasteiger partial charge on any atom is 0.156 e. The van der Waals surface area contributed by atoms with Crippen molar-refractivity contribution in [2.45, 2.75) is 0 Å². The topological polar surface area (TPSA) is 40.1 Å². The van der Waals surface area contributed by atoms with E-state index >= 15 is 0 Å². The van der Waals surface area contributed by atoms with Crippen LogP contribution < -0.4 is 0 Å². The summed E-state index contributed by atoms with van der Waals surface area (Å²) in [7, 11) is -2.02. The third-order valence-electron chi connectivity index (χ3n) is 0.493. The second-order valence-electron chi connectivity index (χ2n) is 2.28. The maximum absolute atomic E-state index is 10.8. The molecule has 0 fully saturated rings. The molecule has 0 aromatic carbocycles. The fourth-order valence-electron chi connectivity index (χ4n) is 0.438. The Bertz CT molecular complexity index is 107. The molecule has 0 aromatic rings. The van der Waals surface area contributed by atoms with Gasteiger partial charge in [-0.05, 0) is 24.5 Å². The van der Waals surface area contributed by atoms with Gasteiger partial charge >= 0.3 is 0 Å². The molecule has 0 rings (SSSR count). The third-order valence-corrected chi connectivity index (χ3v) is 4.43. The molecule has 0 radical (unpaired) electrons. The Morgan fingerprint density at radius 2 is 2.00 bits per heavy atom. The Balaban J connectivity index is 3.56. The summed E-state index contributed by atoms with van der Waals surface area (Å²) in [6.07, 6.45) is 1.57. The van der Waals surface area contributed by atoms with E-state index in [1.54, 1.807) is 19.6 Å². The zero-order chi connectivity index (χ0) is 6.78. The van der Waals surface area contributed by atoms with Gasteiger partial charge in [-0.2, -0.15) is 0 Å². The van der Waals surface area contributed by atoms with Crippen molar-refractivity contribution in [3.05, 3.63) is 0 Å².